The summed E-state index contributed by atoms with van der Waals surface area (Å²) >= 11 is 0. The third kappa shape index (κ3) is 29.8. The van der Waals surface area contributed by atoms with E-state index in [-0.39, 0.29) is 85.5 Å². The fourth-order valence-electron chi connectivity index (χ4n) is 6.33. The Kier molecular flexibility index (Phi) is 32.1. The van der Waals surface area contributed by atoms with Crippen molar-refractivity contribution in [2.24, 2.45) is 5.11 Å². The standard InChI is InChI=1S/C48H71F3N12O16/c1-47(2,3)79-44(68)37(59-42(66)34-4-6-36(7-5-34)63(45(69)48(49,50)51)33-35-32-56-41-40(58-35)43(67)61-46(52)60-41)8-9-38(64)54-11-12-55-39(65)10-14-70-16-18-72-20-22-74-24-26-76-28-30-78-31-29-77-27-25-75-23-21-73-19-17-71-15-13-57-62-53/h4-7,32,37H,8-31,33H2,1-3H3,(H,54,64)(H,55,65)(H,59,66)(H3,52,56,60,61,67)/t37-/m0/s1. The first-order valence-electron chi connectivity index (χ1n) is 25.2. The van der Waals surface area contributed by atoms with E-state index in [1.807, 2.05) is 0 Å². The number of carbonyl (C=O) groups is 5. The number of halogens is 3. The SMILES string of the molecule is CC(C)(C)OC(=O)[C@H](CCC(=O)NCCNC(=O)CCOCCOCCOCCOCCOCCOCCOCCOCCOCCN=[N+]=[N-])NC(=O)c1ccc(N(Cc2cnc3nc(N)[nH]c(=O)c3n2)C(=O)C(F)(F)F)cc1. The van der Waals surface area contributed by atoms with E-state index >= 15 is 0 Å². The highest BCUT2D eigenvalue weighted by molar-refractivity contribution is 5.99. The van der Waals surface area contributed by atoms with Crippen molar-refractivity contribution in [2.75, 3.05) is 149 Å². The number of anilines is 2. The van der Waals surface area contributed by atoms with Gasteiger partial charge in [-0.3, -0.25) is 33.9 Å². The number of nitrogens with one attached hydrogen (secondary N) is 4. The van der Waals surface area contributed by atoms with Gasteiger partial charge in [0.1, 0.15) is 11.6 Å². The van der Waals surface area contributed by atoms with Gasteiger partial charge >= 0.3 is 18.1 Å². The largest absolute Gasteiger partial charge is 0.471 e. The third-order valence-electron chi connectivity index (χ3n) is 10.0. The van der Waals surface area contributed by atoms with Crippen LogP contribution in [0.25, 0.3) is 21.6 Å². The predicted molar refractivity (Wildman–Crippen MR) is 274 cm³/mol. The van der Waals surface area contributed by atoms with Crippen molar-refractivity contribution in [2.45, 2.75) is 64.4 Å². The summed E-state index contributed by atoms with van der Waals surface area (Å²) in [5.41, 5.74) is 10.8. The molecule has 440 valence electrons. The lowest BCUT2D eigenvalue weighted by atomic mass is 10.1. The van der Waals surface area contributed by atoms with Crippen molar-refractivity contribution in [3.05, 3.63) is 62.5 Å². The maximum absolute atomic E-state index is 13.8. The molecule has 3 aromatic rings. The molecule has 4 amide bonds. The third-order valence-corrected chi connectivity index (χ3v) is 10.0. The molecular weight excluding hydrogens is 1060 g/mol. The number of H-pyrrole nitrogens is 1. The molecule has 0 aliphatic rings. The maximum Gasteiger partial charge on any atom is 0.471 e. The molecule has 2 heterocycles. The minimum Gasteiger partial charge on any atom is -0.458 e. The van der Waals surface area contributed by atoms with E-state index < -0.39 is 53.6 Å². The number of nitrogens with zero attached hydrogens (tertiary/aromatic N) is 7. The second-order valence-corrected chi connectivity index (χ2v) is 17.4. The Balaban J connectivity index is 1.22. The molecule has 0 bridgehead atoms. The molecule has 2 aromatic heterocycles. The number of azide groups is 1. The summed E-state index contributed by atoms with van der Waals surface area (Å²) in [6.07, 6.45) is -4.69. The van der Waals surface area contributed by atoms with Crippen LogP contribution in [-0.2, 0) is 73.1 Å². The summed E-state index contributed by atoms with van der Waals surface area (Å²) in [5, 5.41) is 11.1. The van der Waals surface area contributed by atoms with Crippen molar-refractivity contribution < 1.29 is 84.5 Å². The topological polar surface area (TPSA) is 363 Å². The number of aromatic nitrogens is 4. The van der Waals surface area contributed by atoms with Gasteiger partial charge in [0, 0.05) is 48.6 Å². The van der Waals surface area contributed by atoms with Crippen LogP contribution in [0.4, 0.5) is 24.8 Å². The Labute approximate surface area is 453 Å². The van der Waals surface area contributed by atoms with Gasteiger partial charge in [-0.25, -0.2) is 14.8 Å². The fraction of sp³-hybridized carbons (Fsp3) is 0.646. The maximum atomic E-state index is 13.8. The van der Waals surface area contributed by atoms with Gasteiger partial charge in [0.2, 0.25) is 17.8 Å². The molecule has 0 unspecified atom stereocenters. The van der Waals surface area contributed by atoms with Crippen molar-refractivity contribution in [3.8, 4) is 0 Å². The van der Waals surface area contributed by atoms with E-state index in [4.69, 9.17) is 58.6 Å². The normalized spacial score (nSPS) is 11.9. The van der Waals surface area contributed by atoms with Crippen LogP contribution in [0.1, 0.15) is 56.1 Å². The molecule has 28 nitrogen and oxygen atoms in total. The Morgan fingerprint density at radius 2 is 1.18 bits per heavy atom. The average molecular weight is 1130 g/mol. The first kappa shape index (κ1) is 66.6. The van der Waals surface area contributed by atoms with Crippen molar-refractivity contribution in [3.63, 3.8) is 0 Å². The van der Waals surface area contributed by atoms with Gasteiger partial charge in [-0.1, -0.05) is 5.11 Å². The quantitative estimate of drug-likeness (QED) is 0.0177. The smallest absolute Gasteiger partial charge is 0.458 e. The number of carbonyl (C=O) groups excluding carboxylic acids is 5. The van der Waals surface area contributed by atoms with Crippen LogP contribution in [0.2, 0.25) is 0 Å². The lowest BCUT2D eigenvalue weighted by Crippen LogP contribution is -2.45. The molecule has 0 spiro atoms. The van der Waals surface area contributed by atoms with Crippen LogP contribution < -0.4 is 32.1 Å². The molecule has 0 saturated carbocycles. The highest BCUT2D eigenvalue weighted by atomic mass is 19.4. The summed E-state index contributed by atoms with van der Waals surface area (Å²) in [6.45, 7) is 11.3. The fourth-order valence-corrected chi connectivity index (χ4v) is 6.33. The van der Waals surface area contributed by atoms with Crippen LogP contribution in [0.5, 0.6) is 0 Å². The average Bonchev–Trinajstić information content (AvgIpc) is 3.44. The van der Waals surface area contributed by atoms with Gasteiger partial charge in [-0.15, -0.1) is 0 Å². The molecule has 3 rings (SSSR count). The Hall–Kier alpha value is -6.67. The second-order valence-electron chi connectivity index (χ2n) is 17.4. The van der Waals surface area contributed by atoms with Gasteiger partial charge in [-0.2, -0.15) is 18.2 Å². The molecule has 0 saturated heterocycles. The van der Waals surface area contributed by atoms with Crippen LogP contribution in [0, 0.1) is 0 Å². The molecule has 1 aromatic carbocycles. The molecular formula is C48H71F3N12O16. The molecule has 0 radical (unpaired) electrons. The lowest BCUT2D eigenvalue weighted by molar-refractivity contribution is -0.170. The van der Waals surface area contributed by atoms with E-state index in [9.17, 15) is 41.9 Å². The Bertz CT molecular complexity index is 2410. The summed E-state index contributed by atoms with van der Waals surface area (Å²) in [5.74, 6) is -5.05. The van der Waals surface area contributed by atoms with Gasteiger partial charge in [0.25, 0.3) is 11.5 Å². The molecule has 31 heteroatoms. The first-order chi connectivity index (χ1) is 37.9. The minimum atomic E-state index is -5.33. The van der Waals surface area contributed by atoms with E-state index in [1.165, 1.54) is 0 Å². The number of alkyl halides is 3. The predicted octanol–water partition coefficient (Wildman–Crippen LogP) is 1.69. The van der Waals surface area contributed by atoms with E-state index in [1.54, 1.807) is 20.8 Å². The number of amides is 4. The summed E-state index contributed by atoms with van der Waals surface area (Å²) in [6, 6.07) is 3.05. The summed E-state index contributed by atoms with van der Waals surface area (Å²) in [4.78, 5) is 93.3. The van der Waals surface area contributed by atoms with E-state index in [0.717, 1.165) is 30.5 Å². The number of benzene rings is 1. The minimum absolute atomic E-state index is 0.0551. The lowest BCUT2D eigenvalue weighted by Gasteiger charge is -2.25. The number of hydrogen-bond acceptors (Lipinski definition) is 21. The molecule has 0 aliphatic heterocycles. The molecule has 1 atom stereocenters. The highest BCUT2D eigenvalue weighted by Crippen LogP contribution is 2.26. The summed E-state index contributed by atoms with van der Waals surface area (Å²) < 4.78 is 95.5. The monoisotopic (exact) mass is 1130 g/mol. The van der Waals surface area contributed by atoms with Crippen molar-refractivity contribution in [1.29, 1.82) is 0 Å². The molecule has 0 fully saturated rings. The van der Waals surface area contributed by atoms with Crippen molar-refractivity contribution >= 4 is 52.4 Å². The van der Waals surface area contributed by atoms with Crippen molar-refractivity contribution in [1.82, 2.24) is 35.9 Å². The van der Waals surface area contributed by atoms with Crippen LogP contribution in [0.3, 0.4) is 0 Å². The Morgan fingerprint density at radius 3 is 1.65 bits per heavy atom. The van der Waals surface area contributed by atoms with E-state index in [2.05, 4.69) is 45.9 Å². The Morgan fingerprint density at radius 1 is 0.709 bits per heavy atom. The summed E-state index contributed by atoms with van der Waals surface area (Å²) in [7, 11) is 0. The molecule has 79 heavy (non-hydrogen) atoms. The zero-order valence-corrected chi connectivity index (χ0v) is 44.5. The zero-order chi connectivity index (χ0) is 57.7. The number of nitrogen functional groups attached to an aromatic ring is 1. The molecule has 0 aliphatic carbocycles. The highest BCUT2D eigenvalue weighted by Gasteiger charge is 2.43. The number of ether oxygens (including phenoxy) is 10. The van der Waals surface area contributed by atoms with Gasteiger partial charge in [-0.05, 0) is 57.0 Å². The zero-order valence-electron chi connectivity index (χ0n) is 44.5. The second kappa shape index (κ2) is 38.0. The van der Waals surface area contributed by atoms with Gasteiger partial charge in [0.15, 0.2) is 11.2 Å². The number of nitrogens with two attached hydrogens (primary N) is 1. The first-order valence-corrected chi connectivity index (χ1v) is 25.2. The van der Waals surface area contributed by atoms with Crippen LogP contribution in [0.15, 0.2) is 40.4 Å². The van der Waals surface area contributed by atoms with Crippen LogP contribution >= 0.6 is 0 Å². The molecule has 6 N–H and O–H groups in total. The van der Waals surface area contributed by atoms with Gasteiger partial charge in [0.05, 0.1) is 137 Å². The van der Waals surface area contributed by atoms with Crippen LogP contribution in [-0.4, -0.2) is 206 Å². The number of fused-ring (bicyclic) bond motifs is 1. The number of aromatic amines is 1. The number of esters is 1. The van der Waals surface area contributed by atoms with E-state index in [0.29, 0.717) is 117 Å². The number of hydrogen-bond donors (Lipinski definition) is 5. The number of rotatable bonds is 42. The van der Waals surface area contributed by atoms with Gasteiger partial charge < -0.3 is 69.1 Å².